The highest BCUT2D eigenvalue weighted by Crippen LogP contribution is 2.42. The van der Waals surface area contributed by atoms with Crippen molar-refractivity contribution in [2.75, 3.05) is 45.9 Å². The number of amides is 3. The topological polar surface area (TPSA) is 109 Å². The van der Waals surface area contributed by atoms with Gasteiger partial charge >= 0.3 is 0 Å². The number of amidine groups is 1. The maximum atomic E-state index is 14.1. The summed E-state index contributed by atoms with van der Waals surface area (Å²) in [5.41, 5.74) is 0.678. The van der Waals surface area contributed by atoms with E-state index in [1.807, 2.05) is 23.6 Å². The fraction of sp³-hybridized carbons (Fsp3) is 0.538. The molecule has 202 valence electrons. The first kappa shape index (κ1) is 24.5. The van der Waals surface area contributed by atoms with E-state index in [1.54, 1.807) is 9.80 Å². The number of hydrogen-bond donors (Lipinski definition) is 1. The summed E-state index contributed by atoms with van der Waals surface area (Å²) >= 11 is 0. The van der Waals surface area contributed by atoms with Gasteiger partial charge in [-0.3, -0.25) is 14.4 Å². The second kappa shape index (κ2) is 9.17. The summed E-state index contributed by atoms with van der Waals surface area (Å²) in [6, 6.07) is 3.27. The molecular formula is C26H31FN6O5. The molecule has 0 aliphatic carbocycles. The van der Waals surface area contributed by atoms with Gasteiger partial charge in [0.15, 0.2) is 0 Å². The third-order valence-corrected chi connectivity index (χ3v) is 8.13. The molecule has 3 amide bonds. The van der Waals surface area contributed by atoms with E-state index in [0.29, 0.717) is 50.7 Å². The summed E-state index contributed by atoms with van der Waals surface area (Å²) in [6.45, 7) is 6.85. The largest absolute Gasteiger partial charge is 0.509 e. The van der Waals surface area contributed by atoms with E-state index in [9.17, 15) is 23.9 Å². The molecule has 1 aromatic carbocycles. The van der Waals surface area contributed by atoms with E-state index in [-0.39, 0.29) is 54.6 Å². The molecule has 12 heteroatoms. The molecule has 1 N–H and O–H groups in total. The molecule has 4 bridgehead atoms. The predicted octanol–water partition coefficient (Wildman–Crippen LogP) is 0.729. The molecule has 0 saturated carbocycles. The zero-order chi connectivity index (χ0) is 26.7. The highest BCUT2D eigenvalue weighted by atomic mass is 19.1. The smallest absolute Gasteiger partial charge is 0.273 e. The van der Waals surface area contributed by atoms with Crippen molar-refractivity contribution in [1.29, 1.82) is 0 Å². The number of benzene rings is 1. The Labute approximate surface area is 219 Å². The molecule has 6 aliphatic rings. The van der Waals surface area contributed by atoms with Crippen LogP contribution in [-0.4, -0.2) is 111 Å². The van der Waals surface area contributed by atoms with Gasteiger partial charge in [0.1, 0.15) is 40.8 Å². The van der Waals surface area contributed by atoms with Gasteiger partial charge in [0.2, 0.25) is 5.91 Å². The number of halogens is 1. The Bertz CT molecular complexity index is 1260. The quantitative estimate of drug-likeness (QED) is 0.575. The minimum Gasteiger partial charge on any atom is -0.509 e. The van der Waals surface area contributed by atoms with Gasteiger partial charge in [-0.05, 0) is 19.9 Å². The summed E-state index contributed by atoms with van der Waals surface area (Å²) in [4.78, 5) is 47.4. The van der Waals surface area contributed by atoms with E-state index < -0.39 is 23.7 Å². The number of carbonyl (C=O) groups excluding carboxylic acids is 3. The van der Waals surface area contributed by atoms with Crippen LogP contribution in [0.2, 0.25) is 0 Å². The molecular weight excluding hydrogens is 495 g/mol. The molecule has 7 rings (SSSR count). The van der Waals surface area contributed by atoms with Gasteiger partial charge < -0.3 is 29.4 Å². The molecule has 2 saturated heterocycles. The van der Waals surface area contributed by atoms with E-state index >= 15 is 0 Å². The van der Waals surface area contributed by atoms with E-state index in [1.165, 1.54) is 23.2 Å². The third kappa shape index (κ3) is 3.76. The van der Waals surface area contributed by atoms with Crippen LogP contribution in [0.1, 0.15) is 25.8 Å². The second-order valence-corrected chi connectivity index (χ2v) is 10.3. The van der Waals surface area contributed by atoms with E-state index in [4.69, 9.17) is 9.84 Å². The van der Waals surface area contributed by atoms with Crippen LogP contribution in [0, 0.1) is 11.7 Å². The fourth-order valence-corrected chi connectivity index (χ4v) is 6.18. The second-order valence-electron chi connectivity index (χ2n) is 10.3. The highest BCUT2D eigenvalue weighted by molar-refractivity contribution is 6.04. The number of ether oxygens (including phenoxy) is 1. The SMILES string of the molecule is CCN1C[C@H](C)N2C(=C(O)C3C(=O)N4Cc5ccc(F)cc5OCCC(=O)N5CCN(CC5)C(=N4)C32)C1=O. The number of fused-ring (bicyclic) bond motifs is 8. The average molecular weight is 527 g/mol. The Hall–Kier alpha value is -3.83. The Morgan fingerprint density at radius 1 is 1.13 bits per heavy atom. The summed E-state index contributed by atoms with van der Waals surface area (Å²) in [7, 11) is 0. The normalized spacial score (nSPS) is 27.7. The average Bonchev–Trinajstić information content (AvgIpc) is 3.22. The molecule has 11 nitrogen and oxygen atoms in total. The first-order valence-corrected chi connectivity index (χ1v) is 13.1. The summed E-state index contributed by atoms with van der Waals surface area (Å²) < 4.78 is 19.9. The number of aliphatic hydroxyl groups is 1. The number of rotatable bonds is 1. The molecule has 0 radical (unpaired) electrons. The number of aliphatic hydroxyl groups excluding tert-OH is 1. The zero-order valence-corrected chi connectivity index (χ0v) is 21.5. The van der Waals surface area contributed by atoms with Crippen LogP contribution < -0.4 is 4.74 Å². The number of carbonyl (C=O) groups is 3. The van der Waals surface area contributed by atoms with Gasteiger partial charge in [0, 0.05) is 56.9 Å². The van der Waals surface area contributed by atoms with Crippen molar-refractivity contribution in [2.24, 2.45) is 11.0 Å². The van der Waals surface area contributed by atoms with Crippen LogP contribution in [0.15, 0.2) is 34.8 Å². The van der Waals surface area contributed by atoms with Gasteiger partial charge in [0.05, 0.1) is 19.6 Å². The van der Waals surface area contributed by atoms with Crippen LogP contribution in [-0.2, 0) is 20.9 Å². The van der Waals surface area contributed by atoms with Gasteiger partial charge in [-0.15, -0.1) is 0 Å². The summed E-state index contributed by atoms with van der Waals surface area (Å²) in [5.74, 6) is -1.70. The Kier molecular flexibility index (Phi) is 5.92. The van der Waals surface area contributed by atoms with Gasteiger partial charge in [0.25, 0.3) is 11.8 Å². The summed E-state index contributed by atoms with van der Waals surface area (Å²) in [5, 5.41) is 17.5. The number of piperazine rings is 2. The van der Waals surface area contributed by atoms with Gasteiger partial charge in [-0.1, -0.05) is 6.07 Å². The minimum atomic E-state index is -1.00. The van der Waals surface area contributed by atoms with Crippen LogP contribution in [0.4, 0.5) is 4.39 Å². The van der Waals surface area contributed by atoms with Crippen molar-refractivity contribution in [3.05, 3.63) is 41.0 Å². The standard InChI is InChI=1S/C26H31FN6O5/c1-3-29-13-15(2)33-21-20(23(35)22(33)26(29)37)25(36)32-14-16-4-5-17(27)12-18(16)38-11-6-19(34)30-7-9-31(10-8-30)24(21)28-32/h4-5,12,15,20-21,35H,3,6-11,13-14H2,1-2H3/t15-,20?,21?/m0/s1. The molecule has 0 spiro atoms. The predicted molar refractivity (Wildman–Crippen MR) is 133 cm³/mol. The van der Waals surface area contributed by atoms with Crippen molar-refractivity contribution >= 4 is 23.6 Å². The monoisotopic (exact) mass is 526 g/mol. The highest BCUT2D eigenvalue weighted by Gasteiger charge is 2.57. The molecule has 1 aromatic rings. The Morgan fingerprint density at radius 3 is 2.61 bits per heavy atom. The molecule has 0 aromatic heterocycles. The van der Waals surface area contributed by atoms with Crippen LogP contribution in [0.25, 0.3) is 0 Å². The van der Waals surface area contributed by atoms with Gasteiger partial charge in [-0.2, -0.15) is 5.10 Å². The van der Waals surface area contributed by atoms with Crippen molar-refractivity contribution in [3.8, 4) is 5.75 Å². The molecule has 6 aliphatic heterocycles. The summed E-state index contributed by atoms with van der Waals surface area (Å²) in [6.07, 6.45) is 0.159. The maximum absolute atomic E-state index is 14.1. The first-order valence-electron chi connectivity index (χ1n) is 13.1. The molecule has 2 fully saturated rings. The van der Waals surface area contributed by atoms with Crippen LogP contribution in [0.3, 0.4) is 0 Å². The third-order valence-electron chi connectivity index (χ3n) is 8.13. The van der Waals surface area contributed by atoms with E-state index in [2.05, 4.69) is 0 Å². The lowest BCUT2D eigenvalue weighted by Gasteiger charge is -2.47. The fourth-order valence-electron chi connectivity index (χ4n) is 6.18. The van der Waals surface area contributed by atoms with Gasteiger partial charge in [-0.25, -0.2) is 9.40 Å². The minimum absolute atomic E-state index is 0.0116. The molecule has 38 heavy (non-hydrogen) atoms. The number of nitrogens with zero attached hydrogens (tertiary/aromatic N) is 6. The molecule has 6 heterocycles. The lowest BCUT2D eigenvalue weighted by atomic mass is 9.94. The Balaban J connectivity index is 1.46. The van der Waals surface area contributed by atoms with Crippen molar-refractivity contribution in [3.63, 3.8) is 0 Å². The van der Waals surface area contributed by atoms with Crippen LogP contribution >= 0.6 is 0 Å². The van der Waals surface area contributed by atoms with Crippen molar-refractivity contribution in [2.45, 2.75) is 38.9 Å². The lowest BCUT2D eigenvalue weighted by Crippen LogP contribution is -2.64. The first-order chi connectivity index (χ1) is 18.3. The number of hydrazone groups is 1. The molecule has 3 atom stereocenters. The maximum Gasteiger partial charge on any atom is 0.273 e. The zero-order valence-electron chi connectivity index (χ0n) is 21.5. The van der Waals surface area contributed by atoms with Crippen molar-refractivity contribution < 1.29 is 28.6 Å². The lowest BCUT2D eigenvalue weighted by molar-refractivity contribution is -0.139. The Morgan fingerprint density at radius 2 is 1.87 bits per heavy atom. The van der Waals surface area contributed by atoms with E-state index in [0.717, 1.165) is 0 Å². The van der Waals surface area contributed by atoms with Crippen LogP contribution in [0.5, 0.6) is 5.75 Å². The number of likely N-dealkylation sites (N-methyl/N-ethyl adjacent to an activating group) is 1. The number of hydrogen-bond acceptors (Lipinski definition) is 8. The van der Waals surface area contributed by atoms with Crippen molar-refractivity contribution in [1.82, 2.24) is 24.6 Å². The molecule has 2 unspecified atom stereocenters.